The van der Waals surface area contributed by atoms with E-state index in [-0.39, 0.29) is 11.8 Å². The van der Waals surface area contributed by atoms with Gasteiger partial charge in [0.1, 0.15) is 0 Å². The number of hydrogen-bond acceptors (Lipinski definition) is 4. The molecular weight excluding hydrogens is 450 g/mol. The Balaban J connectivity index is 1.27. The van der Waals surface area contributed by atoms with Crippen molar-refractivity contribution in [3.8, 4) is 0 Å². The van der Waals surface area contributed by atoms with Crippen LogP contribution in [0.25, 0.3) is 22.9 Å². The van der Waals surface area contributed by atoms with Crippen molar-refractivity contribution in [3.05, 3.63) is 60.2 Å². The smallest absolute Gasteiger partial charge is 0.255 e. The zero-order valence-corrected chi connectivity index (χ0v) is 21.2. The molecule has 1 atom stereocenters. The Hall–Kier alpha value is -2.96. The quantitative estimate of drug-likeness (QED) is 0.631. The van der Waals surface area contributed by atoms with Crippen LogP contribution >= 0.6 is 0 Å². The van der Waals surface area contributed by atoms with Crippen LogP contribution in [0.1, 0.15) is 47.2 Å². The van der Waals surface area contributed by atoms with Gasteiger partial charge in [-0.2, -0.15) is 0 Å². The Bertz CT molecular complexity index is 1150. The molecule has 6 heteroatoms. The molecule has 0 N–H and O–H groups in total. The third kappa shape index (κ3) is 4.84. The van der Waals surface area contributed by atoms with Crippen molar-refractivity contribution < 1.29 is 14.3 Å². The van der Waals surface area contributed by atoms with Gasteiger partial charge in [0, 0.05) is 38.8 Å². The molecule has 3 aliphatic rings. The first kappa shape index (κ1) is 24.7. The maximum Gasteiger partial charge on any atom is 0.255 e. The number of fused-ring (bicyclic) bond motifs is 1. The zero-order valence-electron chi connectivity index (χ0n) is 21.2. The molecule has 5 rings (SSSR count). The average Bonchev–Trinajstić information content (AvgIpc) is 2.95. The Kier molecular flexibility index (Phi) is 7.54. The number of ether oxygens (including phenoxy) is 1. The fourth-order valence-electron chi connectivity index (χ4n) is 6.18. The summed E-state index contributed by atoms with van der Waals surface area (Å²) in [5, 5.41) is 2.01. The van der Waals surface area contributed by atoms with E-state index in [4.69, 9.17) is 4.74 Å². The Morgan fingerprint density at radius 3 is 2.39 bits per heavy atom. The summed E-state index contributed by atoms with van der Waals surface area (Å²) in [6.45, 7) is 14.0. The minimum absolute atomic E-state index is 0.0715. The second-order valence-electron chi connectivity index (χ2n) is 10.2. The largest absolute Gasteiger partial charge is 0.378 e. The van der Waals surface area contributed by atoms with Crippen LogP contribution in [-0.2, 0) is 9.53 Å². The molecule has 0 unspecified atom stereocenters. The lowest BCUT2D eigenvalue weighted by Crippen LogP contribution is -2.53. The first-order valence-electron chi connectivity index (χ1n) is 13.3. The highest BCUT2D eigenvalue weighted by molar-refractivity contribution is 6.11. The highest BCUT2D eigenvalue weighted by Gasteiger charge is 2.35. The maximum atomic E-state index is 13.8. The lowest BCUT2D eigenvalue weighted by molar-refractivity contribution is -0.141. The van der Waals surface area contributed by atoms with E-state index < -0.39 is 0 Å². The van der Waals surface area contributed by atoms with E-state index in [1.165, 1.54) is 0 Å². The van der Waals surface area contributed by atoms with Crippen LogP contribution in [0, 0.1) is 5.92 Å². The van der Waals surface area contributed by atoms with Crippen LogP contribution in [0.5, 0.6) is 0 Å². The van der Waals surface area contributed by atoms with E-state index in [2.05, 4.69) is 24.1 Å². The fourth-order valence-corrected chi connectivity index (χ4v) is 6.18. The van der Waals surface area contributed by atoms with Gasteiger partial charge in [-0.1, -0.05) is 49.6 Å². The summed E-state index contributed by atoms with van der Waals surface area (Å²) in [6, 6.07) is 10.5. The SMILES string of the molecule is C=Cc1cc2ccccc2c(C(=O)N2CCC(N3CCC[C@@H](C(=O)N4CCOCC4)C3)CC2)c1C=C. The zero-order chi connectivity index (χ0) is 25.1. The molecular formula is C30H37N3O3. The van der Waals surface area contributed by atoms with Crippen molar-refractivity contribution >= 4 is 34.7 Å². The van der Waals surface area contributed by atoms with Crippen molar-refractivity contribution in [2.24, 2.45) is 5.92 Å². The molecule has 0 spiro atoms. The minimum Gasteiger partial charge on any atom is -0.378 e. The molecule has 3 heterocycles. The number of amides is 2. The van der Waals surface area contributed by atoms with Crippen LogP contribution in [0.2, 0.25) is 0 Å². The van der Waals surface area contributed by atoms with Gasteiger partial charge in [-0.05, 0) is 60.2 Å². The normalized spacial score (nSPS) is 21.9. The highest BCUT2D eigenvalue weighted by atomic mass is 16.5. The highest BCUT2D eigenvalue weighted by Crippen LogP contribution is 2.31. The van der Waals surface area contributed by atoms with Gasteiger partial charge >= 0.3 is 0 Å². The number of hydrogen-bond donors (Lipinski definition) is 0. The molecule has 0 aromatic heterocycles. The molecule has 36 heavy (non-hydrogen) atoms. The molecule has 6 nitrogen and oxygen atoms in total. The van der Waals surface area contributed by atoms with Gasteiger partial charge < -0.3 is 14.5 Å². The summed E-state index contributed by atoms with van der Waals surface area (Å²) in [7, 11) is 0. The molecule has 190 valence electrons. The molecule has 2 aromatic rings. The van der Waals surface area contributed by atoms with Gasteiger partial charge in [0.2, 0.25) is 5.91 Å². The van der Waals surface area contributed by atoms with Crippen LogP contribution in [0.3, 0.4) is 0 Å². The second-order valence-corrected chi connectivity index (χ2v) is 10.2. The standard InChI is InChI=1S/C30H37N3O3/c1-3-22-20-23-8-5-6-10-27(23)28(26(22)4-2)30(35)31-14-11-25(12-15-31)33-13-7-9-24(21-33)29(34)32-16-18-36-19-17-32/h3-6,8,10,20,24-25H,1-2,7,9,11-19,21H2/t24-/m1/s1. The van der Waals surface area contributed by atoms with Crippen molar-refractivity contribution in [2.75, 3.05) is 52.5 Å². The number of carbonyl (C=O) groups is 2. The molecule has 3 saturated heterocycles. The van der Waals surface area contributed by atoms with Crippen molar-refractivity contribution in [1.29, 1.82) is 0 Å². The van der Waals surface area contributed by atoms with Gasteiger partial charge in [-0.25, -0.2) is 0 Å². The number of nitrogens with zero attached hydrogens (tertiary/aromatic N) is 3. The average molecular weight is 488 g/mol. The Morgan fingerprint density at radius 1 is 0.917 bits per heavy atom. The summed E-state index contributed by atoms with van der Waals surface area (Å²) in [6.07, 6.45) is 7.49. The molecule has 0 saturated carbocycles. The van der Waals surface area contributed by atoms with E-state index in [1.807, 2.05) is 34.1 Å². The van der Waals surface area contributed by atoms with Crippen LogP contribution < -0.4 is 0 Å². The van der Waals surface area contributed by atoms with Gasteiger partial charge in [0.05, 0.1) is 24.7 Å². The van der Waals surface area contributed by atoms with E-state index in [0.29, 0.717) is 38.3 Å². The predicted molar refractivity (Wildman–Crippen MR) is 145 cm³/mol. The Labute approximate surface area is 214 Å². The number of carbonyl (C=O) groups excluding carboxylic acids is 2. The summed E-state index contributed by atoms with van der Waals surface area (Å²) in [5.74, 6) is 0.448. The summed E-state index contributed by atoms with van der Waals surface area (Å²) in [5.41, 5.74) is 2.52. The van der Waals surface area contributed by atoms with E-state index in [0.717, 1.165) is 79.3 Å². The lowest BCUT2D eigenvalue weighted by Gasteiger charge is -2.43. The predicted octanol–water partition coefficient (Wildman–Crippen LogP) is 4.30. The number of morpholine rings is 1. The van der Waals surface area contributed by atoms with Crippen LogP contribution in [0.15, 0.2) is 43.5 Å². The molecule has 0 bridgehead atoms. The number of likely N-dealkylation sites (tertiary alicyclic amines) is 2. The van der Waals surface area contributed by atoms with Crippen molar-refractivity contribution in [2.45, 2.75) is 31.7 Å². The van der Waals surface area contributed by atoms with E-state index in [1.54, 1.807) is 12.2 Å². The van der Waals surface area contributed by atoms with Gasteiger partial charge in [0.25, 0.3) is 5.91 Å². The topological polar surface area (TPSA) is 53.1 Å². The van der Waals surface area contributed by atoms with Gasteiger partial charge in [-0.3, -0.25) is 14.5 Å². The summed E-state index contributed by atoms with van der Waals surface area (Å²) >= 11 is 0. The molecule has 0 aliphatic carbocycles. The van der Waals surface area contributed by atoms with Gasteiger partial charge in [-0.15, -0.1) is 0 Å². The lowest BCUT2D eigenvalue weighted by atomic mass is 9.91. The first-order chi connectivity index (χ1) is 17.6. The summed E-state index contributed by atoms with van der Waals surface area (Å²) < 4.78 is 5.42. The van der Waals surface area contributed by atoms with E-state index >= 15 is 0 Å². The molecule has 3 fully saturated rings. The monoisotopic (exact) mass is 487 g/mol. The molecule has 0 radical (unpaired) electrons. The second kappa shape index (κ2) is 11.0. The number of piperidine rings is 2. The first-order valence-corrected chi connectivity index (χ1v) is 13.3. The van der Waals surface area contributed by atoms with Gasteiger partial charge in [0.15, 0.2) is 0 Å². The van der Waals surface area contributed by atoms with Crippen LogP contribution in [0.4, 0.5) is 0 Å². The summed E-state index contributed by atoms with van der Waals surface area (Å²) in [4.78, 5) is 33.4. The van der Waals surface area contributed by atoms with Crippen molar-refractivity contribution in [1.82, 2.24) is 14.7 Å². The maximum absolute atomic E-state index is 13.8. The number of benzene rings is 2. The van der Waals surface area contributed by atoms with Crippen LogP contribution in [-0.4, -0.2) is 85.0 Å². The third-order valence-corrected chi connectivity index (χ3v) is 8.15. The molecule has 2 aromatic carbocycles. The number of rotatable bonds is 5. The minimum atomic E-state index is 0.0715. The fraction of sp³-hybridized carbons (Fsp3) is 0.467. The van der Waals surface area contributed by atoms with Crippen molar-refractivity contribution in [3.63, 3.8) is 0 Å². The molecule has 2 amide bonds. The third-order valence-electron chi connectivity index (χ3n) is 8.15. The van der Waals surface area contributed by atoms with E-state index in [9.17, 15) is 9.59 Å². The Morgan fingerprint density at radius 2 is 1.67 bits per heavy atom. The molecule has 3 aliphatic heterocycles.